The zero-order valence-corrected chi connectivity index (χ0v) is 12.4. The van der Waals surface area contributed by atoms with E-state index in [0.717, 1.165) is 12.5 Å². The zero-order chi connectivity index (χ0) is 13.2. The molecule has 0 saturated heterocycles. The van der Waals surface area contributed by atoms with Crippen molar-refractivity contribution < 1.29 is 0 Å². The Hall–Kier alpha value is -0.760. The molecular weight excluding hydrogens is 220 g/mol. The van der Waals surface area contributed by atoms with E-state index in [9.17, 15) is 0 Å². The van der Waals surface area contributed by atoms with Gasteiger partial charge >= 0.3 is 0 Å². The van der Waals surface area contributed by atoms with Gasteiger partial charge in [0, 0.05) is 25.0 Å². The Balaban J connectivity index is 1.85. The summed E-state index contributed by atoms with van der Waals surface area (Å²) in [4.78, 5) is 0. The number of rotatable bonds is 6. The lowest BCUT2D eigenvalue weighted by molar-refractivity contribution is 0.353. The maximum Gasteiger partial charge on any atom is 0.0361 e. The van der Waals surface area contributed by atoms with Crippen molar-refractivity contribution in [3.8, 4) is 0 Å². The molecule has 1 atom stereocenters. The average molecular weight is 248 g/mol. The lowest BCUT2D eigenvalue weighted by atomic mass is 9.91. The fourth-order valence-corrected chi connectivity index (χ4v) is 2.68. The summed E-state index contributed by atoms with van der Waals surface area (Å²) in [6, 6.07) is 2.87. The van der Waals surface area contributed by atoms with Gasteiger partial charge < -0.3 is 9.88 Å². The van der Waals surface area contributed by atoms with Crippen molar-refractivity contribution in [3.05, 3.63) is 24.0 Å². The number of aryl methyl sites for hydroxylation is 1. The van der Waals surface area contributed by atoms with Gasteiger partial charge in [-0.25, -0.2) is 0 Å². The van der Waals surface area contributed by atoms with E-state index in [2.05, 4.69) is 56.2 Å². The van der Waals surface area contributed by atoms with Crippen LogP contribution in [0.4, 0.5) is 0 Å². The van der Waals surface area contributed by atoms with Gasteiger partial charge in [0.1, 0.15) is 0 Å². The van der Waals surface area contributed by atoms with Crippen LogP contribution in [0.2, 0.25) is 0 Å². The molecule has 0 bridgehead atoms. The van der Waals surface area contributed by atoms with Gasteiger partial charge in [0.2, 0.25) is 0 Å². The molecule has 1 aliphatic rings. The molecule has 2 nitrogen and oxygen atoms in total. The van der Waals surface area contributed by atoms with Gasteiger partial charge in [0.15, 0.2) is 0 Å². The van der Waals surface area contributed by atoms with Crippen molar-refractivity contribution in [1.29, 1.82) is 0 Å². The van der Waals surface area contributed by atoms with Gasteiger partial charge in [-0.05, 0) is 55.7 Å². The molecule has 1 heterocycles. The fourth-order valence-electron chi connectivity index (χ4n) is 2.68. The van der Waals surface area contributed by atoms with Crippen LogP contribution in [0.3, 0.4) is 0 Å². The van der Waals surface area contributed by atoms with Crippen molar-refractivity contribution in [1.82, 2.24) is 9.88 Å². The third-order valence-electron chi connectivity index (χ3n) is 3.88. The SMILES string of the molecule is CNC(c1ccn(CCCC(C)(C)C)c1)C1CC1. The molecule has 1 unspecified atom stereocenters. The van der Waals surface area contributed by atoms with Crippen molar-refractivity contribution >= 4 is 0 Å². The number of aromatic nitrogens is 1. The van der Waals surface area contributed by atoms with Crippen LogP contribution in [-0.4, -0.2) is 11.6 Å². The van der Waals surface area contributed by atoms with Gasteiger partial charge in [-0.1, -0.05) is 20.8 Å². The molecular formula is C16H28N2. The topological polar surface area (TPSA) is 17.0 Å². The predicted molar refractivity (Wildman–Crippen MR) is 77.6 cm³/mol. The molecule has 1 fully saturated rings. The summed E-state index contributed by atoms with van der Waals surface area (Å²) in [5.74, 6) is 0.875. The molecule has 1 aromatic heterocycles. The molecule has 0 amide bonds. The Bertz CT molecular complexity index is 369. The second-order valence-corrected chi connectivity index (χ2v) is 6.95. The molecule has 1 saturated carbocycles. The standard InChI is InChI=1S/C16H28N2/c1-16(2,3)9-5-10-18-11-8-14(12-18)15(17-4)13-6-7-13/h8,11-13,15,17H,5-7,9-10H2,1-4H3. The Morgan fingerprint density at radius 1 is 1.39 bits per heavy atom. The van der Waals surface area contributed by atoms with Gasteiger partial charge in [0.05, 0.1) is 0 Å². The van der Waals surface area contributed by atoms with Crippen LogP contribution in [0, 0.1) is 11.3 Å². The highest BCUT2D eigenvalue weighted by Gasteiger charge is 2.31. The van der Waals surface area contributed by atoms with Gasteiger partial charge in [0.25, 0.3) is 0 Å². The first-order chi connectivity index (χ1) is 8.49. The third kappa shape index (κ3) is 3.88. The molecule has 0 radical (unpaired) electrons. The Labute approximate surface area is 112 Å². The first kappa shape index (κ1) is 13.7. The van der Waals surface area contributed by atoms with E-state index in [1.165, 1.54) is 31.2 Å². The number of hydrogen-bond acceptors (Lipinski definition) is 1. The summed E-state index contributed by atoms with van der Waals surface area (Å²) in [5, 5.41) is 3.46. The lowest BCUT2D eigenvalue weighted by Crippen LogP contribution is -2.17. The first-order valence-electron chi connectivity index (χ1n) is 7.32. The highest BCUT2D eigenvalue weighted by Crippen LogP contribution is 2.40. The quantitative estimate of drug-likeness (QED) is 0.805. The first-order valence-corrected chi connectivity index (χ1v) is 7.32. The summed E-state index contributed by atoms with van der Waals surface area (Å²) >= 11 is 0. The van der Waals surface area contributed by atoms with Crippen LogP contribution in [0.5, 0.6) is 0 Å². The van der Waals surface area contributed by atoms with Crippen molar-refractivity contribution in [2.45, 2.75) is 59.0 Å². The summed E-state index contributed by atoms with van der Waals surface area (Å²) in [6.45, 7) is 8.10. The van der Waals surface area contributed by atoms with Crippen LogP contribution < -0.4 is 5.32 Å². The van der Waals surface area contributed by atoms with E-state index < -0.39 is 0 Å². The molecule has 0 aliphatic heterocycles. The Kier molecular flexibility index (Phi) is 4.16. The van der Waals surface area contributed by atoms with Crippen LogP contribution in [0.15, 0.2) is 18.5 Å². The minimum atomic E-state index is 0.456. The number of nitrogens with zero attached hydrogens (tertiary/aromatic N) is 1. The monoisotopic (exact) mass is 248 g/mol. The second-order valence-electron chi connectivity index (χ2n) is 6.95. The third-order valence-corrected chi connectivity index (χ3v) is 3.88. The molecule has 1 aliphatic carbocycles. The maximum atomic E-state index is 3.46. The van der Waals surface area contributed by atoms with Crippen LogP contribution in [-0.2, 0) is 6.54 Å². The maximum absolute atomic E-state index is 3.46. The van der Waals surface area contributed by atoms with Gasteiger partial charge in [-0.3, -0.25) is 0 Å². The molecule has 18 heavy (non-hydrogen) atoms. The van der Waals surface area contributed by atoms with E-state index in [4.69, 9.17) is 0 Å². The minimum absolute atomic E-state index is 0.456. The molecule has 0 spiro atoms. The Morgan fingerprint density at radius 3 is 2.67 bits per heavy atom. The summed E-state index contributed by atoms with van der Waals surface area (Å²) < 4.78 is 2.35. The van der Waals surface area contributed by atoms with Gasteiger partial charge in [-0.15, -0.1) is 0 Å². The summed E-state index contributed by atoms with van der Waals surface area (Å²) in [7, 11) is 2.08. The van der Waals surface area contributed by atoms with Crippen molar-refractivity contribution in [2.75, 3.05) is 7.05 Å². The van der Waals surface area contributed by atoms with Crippen LogP contribution >= 0.6 is 0 Å². The highest BCUT2D eigenvalue weighted by molar-refractivity contribution is 5.18. The highest BCUT2D eigenvalue weighted by atomic mass is 15.0. The Morgan fingerprint density at radius 2 is 2.11 bits per heavy atom. The average Bonchev–Trinajstić information content (AvgIpc) is 2.99. The molecule has 2 rings (SSSR count). The molecule has 0 aromatic carbocycles. The van der Waals surface area contributed by atoms with E-state index in [-0.39, 0.29) is 0 Å². The zero-order valence-electron chi connectivity index (χ0n) is 12.4. The van der Waals surface area contributed by atoms with E-state index in [1.807, 2.05) is 0 Å². The molecule has 1 N–H and O–H groups in total. The molecule has 102 valence electrons. The normalized spacial score (nSPS) is 18.0. The predicted octanol–water partition coefficient (Wildman–Crippen LogP) is 3.98. The number of hydrogen-bond donors (Lipinski definition) is 1. The lowest BCUT2D eigenvalue weighted by Gasteiger charge is -2.17. The van der Waals surface area contributed by atoms with Crippen molar-refractivity contribution in [2.24, 2.45) is 11.3 Å². The van der Waals surface area contributed by atoms with Crippen LogP contribution in [0.1, 0.15) is 58.1 Å². The summed E-state index contributed by atoms with van der Waals surface area (Å²) in [5.41, 5.74) is 1.92. The van der Waals surface area contributed by atoms with E-state index >= 15 is 0 Å². The summed E-state index contributed by atoms with van der Waals surface area (Å²) in [6.07, 6.45) is 9.91. The largest absolute Gasteiger partial charge is 0.354 e. The minimum Gasteiger partial charge on any atom is -0.354 e. The van der Waals surface area contributed by atoms with E-state index in [0.29, 0.717) is 11.5 Å². The molecule has 1 aromatic rings. The second kappa shape index (κ2) is 5.48. The molecule has 2 heteroatoms. The van der Waals surface area contributed by atoms with E-state index in [1.54, 1.807) is 0 Å². The number of nitrogens with one attached hydrogen (secondary N) is 1. The fraction of sp³-hybridized carbons (Fsp3) is 0.750. The van der Waals surface area contributed by atoms with Gasteiger partial charge in [-0.2, -0.15) is 0 Å². The van der Waals surface area contributed by atoms with Crippen LogP contribution in [0.25, 0.3) is 0 Å². The van der Waals surface area contributed by atoms with Crippen molar-refractivity contribution in [3.63, 3.8) is 0 Å². The smallest absolute Gasteiger partial charge is 0.0361 e.